The molecule has 0 radical (unpaired) electrons. The van der Waals surface area contributed by atoms with Gasteiger partial charge >= 0.3 is 5.97 Å². The standard InChI is InChI=1S/C19H31N3O4/c1-12(2)14(4)19(25)26-10-15(9-23)6-5-7-22-11-20-17-16(24)8-13(3)21-18(17)22/h11-12,14-16,23-24H,5-10H2,1-4H3. The van der Waals surface area contributed by atoms with Gasteiger partial charge in [0.25, 0.3) is 0 Å². The van der Waals surface area contributed by atoms with Gasteiger partial charge in [0.05, 0.1) is 18.9 Å². The maximum absolute atomic E-state index is 11.9. The lowest BCUT2D eigenvalue weighted by atomic mass is 9.98. The van der Waals surface area contributed by atoms with Gasteiger partial charge in [-0.15, -0.1) is 0 Å². The first-order valence-electron chi connectivity index (χ1n) is 9.38. The Kier molecular flexibility index (Phi) is 7.34. The van der Waals surface area contributed by atoms with Crippen LogP contribution in [0.3, 0.4) is 0 Å². The first-order chi connectivity index (χ1) is 12.3. The molecule has 1 aromatic rings. The predicted octanol–water partition coefficient (Wildman–Crippen LogP) is 2.64. The summed E-state index contributed by atoms with van der Waals surface area (Å²) < 4.78 is 7.28. The van der Waals surface area contributed by atoms with Gasteiger partial charge in [-0.1, -0.05) is 20.8 Å². The largest absolute Gasteiger partial charge is 0.465 e. The number of rotatable bonds is 9. The Bertz CT molecular complexity index is 639. The highest BCUT2D eigenvalue weighted by Crippen LogP contribution is 2.32. The number of aryl methyl sites for hydroxylation is 1. The van der Waals surface area contributed by atoms with E-state index in [0.29, 0.717) is 18.7 Å². The van der Waals surface area contributed by atoms with Crippen LogP contribution in [0.25, 0.3) is 0 Å². The second-order valence-corrected chi connectivity index (χ2v) is 7.57. The zero-order valence-corrected chi connectivity index (χ0v) is 16.2. The number of nitrogens with zero attached hydrogens (tertiary/aromatic N) is 3. The molecule has 2 N–H and O–H groups in total. The first-order valence-corrected chi connectivity index (χ1v) is 9.38. The number of aliphatic hydroxyl groups is 2. The molecule has 7 nitrogen and oxygen atoms in total. The lowest BCUT2D eigenvalue weighted by Crippen LogP contribution is -2.24. The minimum absolute atomic E-state index is 0.0125. The Hall–Kier alpha value is -1.73. The average Bonchev–Trinajstić information content (AvgIpc) is 2.99. The van der Waals surface area contributed by atoms with Crippen molar-refractivity contribution in [3.05, 3.63) is 12.0 Å². The average molecular weight is 365 g/mol. The smallest absolute Gasteiger partial charge is 0.308 e. The van der Waals surface area contributed by atoms with Crippen molar-refractivity contribution in [1.82, 2.24) is 9.55 Å². The van der Waals surface area contributed by atoms with Gasteiger partial charge < -0.3 is 19.5 Å². The van der Waals surface area contributed by atoms with Gasteiger partial charge in [-0.25, -0.2) is 9.98 Å². The van der Waals surface area contributed by atoms with E-state index in [1.54, 1.807) is 6.33 Å². The molecule has 0 bridgehead atoms. The monoisotopic (exact) mass is 365 g/mol. The molecular formula is C19H31N3O4. The van der Waals surface area contributed by atoms with Crippen molar-refractivity contribution in [3.8, 4) is 0 Å². The summed E-state index contributed by atoms with van der Waals surface area (Å²) >= 11 is 0. The van der Waals surface area contributed by atoms with Crippen molar-refractivity contribution in [2.75, 3.05) is 13.2 Å². The summed E-state index contributed by atoms with van der Waals surface area (Å²) in [6.07, 6.45) is 3.18. The third kappa shape index (κ3) is 5.14. The molecule has 26 heavy (non-hydrogen) atoms. The fraction of sp³-hybridized carbons (Fsp3) is 0.737. The van der Waals surface area contributed by atoms with E-state index in [1.807, 2.05) is 32.3 Å². The lowest BCUT2D eigenvalue weighted by molar-refractivity contribution is -0.151. The van der Waals surface area contributed by atoms with E-state index in [4.69, 9.17) is 4.74 Å². The van der Waals surface area contributed by atoms with Crippen LogP contribution in [0.1, 0.15) is 58.8 Å². The summed E-state index contributed by atoms with van der Waals surface area (Å²) in [5, 5.41) is 19.6. The predicted molar refractivity (Wildman–Crippen MR) is 99.3 cm³/mol. The van der Waals surface area contributed by atoms with E-state index in [0.717, 1.165) is 24.4 Å². The summed E-state index contributed by atoms with van der Waals surface area (Å²) in [4.78, 5) is 20.7. The summed E-state index contributed by atoms with van der Waals surface area (Å²) in [5.41, 5.74) is 1.53. The van der Waals surface area contributed by atoms with Crippen molar-refractivity contribution in [1.29, 1.82) is 0 Å². The molecule has 0 spiro atoms. The number of aromatic nitrogens is 2. The van der Waals surface area contributed by atoms with Crippen LogP contribution in [-0.2, 0) is 16.1 Å². The van der Waals surface area contributed by atoms with Gasteiger partial charge in [0.2, 0.25) is 0 Å². The molecule has 2 rings (SSSR count). The molecule has 7 heteroatoms. The minimum Gasteiger partial charge on any atom is -0.465 e. The van der Waals surface area contributed by atoms with Gasteiger partial charge in [0.15, 0.2) is 5.82 Å². The van der Waals surface area contributed by atoms with E-state index >= 15 is 0 Å². The highest BCUT2D eigenvalue weighted by Gasteiger charge is 2.24. The molecule has 0 saturated carbocycles. The van der Waals surface area contributed by atoms with Crippen molar-refractivity contribution < 1.29 is 19.7 Å². The van der Waals surface area contributed by atoms with Crippen LogP contribution in [0.2, 0.25) is 0 Å². The van der Waals surface area contributed by atoms with Crippen LogP contribution in [0.4, 0.5) is 5.82 Å². The number of esters is 1. The summed E-state index contributed by atoms with van der Waals surface area (Å²) in [5.74, 6) is 0.537. The molecule has 0 aromatic carbocycles. The number of fused-ring (bicyclic) bond motifs is 1. The quantitative estimate of drug-likeness (QED) is 0.656. The van der Waals surface area contributed by atoms with Crippen molar-refractivity contribution in [3.63, 3.8) is 0 Å². The number of imidazole rings is 1. The third-order valence-corrected chi connectivity index (χ3v) is 5.04. The van der Waals surface area contributed by atoms with Crippen molar-refractivity contribution >= 4 is 17.5 Å². The van der Waals surface area contributed by atoms with E-state index in [-0.39, 0.29) is 36.9 Å². The molecule has 1 aromatic heterocycles. The fourth-order valence-corrected chi connectivity index (χ4v) is 2.90. The zero-order chi connectivity index (χ0) is 19.3. The molecular weight excluding hydrogens is 334 g/mol. The van der Waals surface area contributed by atoms with Gasteiger partial charge in [0.1, 0.15) is 11.8 Å². The number of aliphatic hydroxyl groups excluding tert-OH is 2. The summed E-state index contributed by atoms with van der Waals surface area (Å²) in [6.45, 7) is 8.66. The van der Waals surface area contributed by atoms with Crippen LogP contribution >= 0.6 is 0 Å². The SMILES string of the molecule is CC1=Nc2c(ncn2CCCC(CO)COC(=O)C(C)C(C)C)C(O)C1. The third-order valence-electron chi connectivity index (χ3n) is 5.04. The van der Waals surface area contributed by atoms with E-state index in [2.05, 4.69) is 9.98 Å². The molecule has 1 aliphatic heterocycles. The molecule has 3 atom stereocenters. The Morgan fingerprint density at radius 1 is 1.42 bits per heavy atom. The van der Waals surface area contributed by atoms with Crippen molar-refractivity contribution in [2.45, 2.75) is 59.6 Å². The maximum atomic E-state index is 11.9. The van der Waals surface area contributed by atoms with Crippen LogP contribution < -0.4 is 0 Å². The molecule has 0 saturated heterocycles. The highest BCUT2D eigenvalue weighted by molar-refractivity contribution is 5.86. The molecule has 0 fully saturated rings. The fourth-order valence-electron chi connectivity index (χ4n) is 2.90. The van der Waals surface area contributed by atoms with Crippen LogP contribution in [0.5, 0.6) is 0 Å². The Morgan fingerprint density at radius 2 is 2.15 bits per heavy atom. The van der Waals surface area contributed by atoms with E-state index < -0.39 is 6.10 Å². The summed E-state index contributed by atoms with van der Waals surface area (Å²) in [6, 6.07) is 0. The molecule has 2 heterocycles. The highest BCUT2D eigenvalue weighted by atomic mass is 16.5. The number of carbonyl (C=O) groups excluding carboxylic acids is 1. The van der Waals surface area contributed by atoms with Crippen molar-refractivity contribution in [2.24, 2.45) is 22.7 Å². The molecule has 3 unspecified atom stereocenters. The topological polar surface area (TPSA) is 96.9 Å². The second kappa shape index (κ2) is 9.28. The molecule has 0 aliphatic carbocycles. The maximum Gasteiger partial charge on any atom is 0.308 e. The normalized spacial score (nSPS) is 19.0. The minimum atomic E-state index is -0.587. The first kappa shape index (κ1) is 20.6. The number of ether oxygens (including phenoxy) is 1. The Labute approximate surface area is 155 Å². The molecule has 146 valence electrons. The van der Waals surface area contributed by atoms with Crippen LogP contribution in [0, 0.1) is 17.8 Å². The number of carbonyl (C=O) groups is 1. The number of hydrogen-bond acceptors (Lipinski definition) is 6. The van der Waals surface area contributed by atoms with E-state index in [9.17, 15) is 15.0 Å². The van der Waals surface area contributed by atoms with Crippen LogP contribution in [-0.4, -0.2) is 44.7 Å². The van der Waals surface area contributed by atoms with Gasteiger partial charge in [-0.05, 0) is 25.7 Å². The molecule has 0 amide bonds. The Morgan fingerprint density at radius 3 is 2.81 bits per heavy atom. The Balaban J connectivity index is 1.83. The van der Waals surface area contributed by atoms with E-state index in [1.165, 1.54) is 0 Å². The van der Waals surface area contributed by atoms with Gasteiger partial charge in [-0.2, -0.15) is 0 Å². The summed E-state index contributed by atoms with van der Waals surface area (Å²) in [7, 11) is 0. The second-order valence-electron chi connectivity index (χ2n) is 7.57. The number of aliphatic imine (C=N–C) groups is 1. The van der Waals surface area contributed by atoms with Gasteiger partial charge in [0, 0.05) is 31.2 Å². The lowest BCUT2D eigenvalue weighted by Gasteiger charge is -2.19. The number of hydrogen-bond donors (Lipinski definition) is 2. The zero-order valence-electron chi connectivity index (χ0n) is 16.2. The molecule has 1 aliphatic rings. The van der Waals surface area contributed by atoms with Gasteiger partial charge in [-0.3, -0.25) is 4.79 Å². The van der Waals surface area contributed by atoms with Crippen LogP contribution in [0.15, 0.2) is 11.3 Å².